The molecule has 4 nitrogen and oxygen atoms in total. The molecule has 0 aliphatic carbocycles. The van der Waals surface area contributed by atoms with Gasteiger partial charge in [-0.1, -0.05) is 0 Å². The number of hydrogen-bond acceptors (Lipinski definition) is 3. The first-order valence-corrected chi connectivity index (χ1v) is 4.51. The van der Waals surface area contributed by atoms with E-state index in [0.29, 0.717) is 11.5 Å². The molecule has 0 aliphatic rings. The van der Waals surface area contributed by atoms with Crippen LogP contribution in [0.25, 0.3) is 6.08 Å². The molecular weight excluding hydrogens is 192 g/mol. The number of aryl methyl sites for hydroxylation is 1. The highest BCUT2D eigenvalue weighted by Gasteiger charge is 2.05. The Balaban J connectivity index is 2.14. The fourth-order valence-corrected chi connectivity index (χ4v) is 1.24. The van der Waals surface area contributed by atoms with Crippen molar-refractivity contribution < 1.29 is 9.21 Å². The van der Waals surface area contributed by atoms with E-state index >= 15 is 0 Å². The highest BCUT2D eigenvalue weighted by molar-refractivity contribution is 6.05. The first kappa shape index (κ1) is 9.45. The van der Waals surface area contributed by atoms with Gasteiger partial charge in [0.25, 0.3) is 0 Å². The predicted octanol–water partition coefficient (Wildman–Crippen LogP) is 1.91. The minimum Gasteiger partial charge on any atom is -0.465 e. The van der Waals surface area contributed by atoms with Gasteiger partial charge in [-0.15, -0.1) is 0 Å². The minimum atomic E-state index is -0.0913. The van der Waals surface area contributed by atoms with Crippen LogP contribution in [0.15, 0.2) is 41.2 Å². The van der Waals surface area contributed by atoms with Gasteiger partial charge in [-0.2, -0.15) is 5.10 Å². The molecule has 0 aliphatic heterocycles. The lowest BCUT2D eigenvalue weighted by Crippen LogP contribution is -2.03. The van der Waals surface area contributed by atoms with Crippen molar-refractivity contribution in [3.63, 3.8) is 0 Å². The minimum absolute atomic E-state index is 0.0913. The number of carbonyl (C=O) groups is 1. The third kappa shape index (κ3) is 2.04. The Morgan fingerprint density at radius 2 is 2.40 bits per heavy atom. The Hall–Kier alpha value is -2.10. The van der Waals surface area contributed by atoms with Crippen molar-refractivity contribution in [1.29, 1.82) is 0 Å². The van der Waals surface area contributed by atoms with E-state index in [4.69, 9.17) is 4.42 Å². The topological polar surface area (TPSA) is 48.0 Å². The maximum Gasteiger partial charge on any atom is 0.203 e. The van der Waals surface area contributed by atoms with Gasteiger partial charge in [-0.05, 0) is 30.4 Å². The zero-order valence-electron chi connectivity index (χ0n) is 8.25. The van der Waals surface area contributed by atoms with Crippen molar-refractivity contribution in [2.45, 2.75) is 0 Å². The van der Waals surface area contributed by atoms with Crippen LogP contribution in [-0.2, 0) is 7.05 Å². The summed E-state index contributed by atoms with van der Waals surface area (Å²) >= 11 is 0. The molecule has 0 N–H and O–H groups in total. The summed E-state index contributed by atoms with van der Waals surface area (Å²) in [6.45, 7) is 0. The fraction of sp³-hybridized carbons (Fsp3) is 0.0909. The summed E-state index contributed by atoms with van der Waals surface area (Å²) in [4.78, 5) is 11.6. The maximum atomic E-state index is 11.6. The highest BCUT2D eigenvalue weighted by Crippen LogP contribution is 2.05. The summed E-state index contributed by atoms with van der Waals surface area (Å²) in [5, 5.41) is 3.92. The first-order valence-electron chi connectivity index (χ1n) is 4.51. The van der Waals surface area contributed by atoms with Gasteiger partial charge < -0.3 is 4.42 Å². The quantitative estimate of drug-likeness (QED) is 0.564. The van der Waals surface area contributed by atoms with Crippen LogP contribution in [-0.4, -0.2) is 15.6 Å². The molecule has 2 aromatic rings. The summed E-state index contributed by atoms with van der Waals surface area (Å²) < 4.78 is 6.61. The van der Waals surface area contributed by atoms with Crippen LogP contribution in [0.3, 0.4) is 0 Å². The molecule has 2 rings (SSSR count). The number of nitrogens with zero attached hydrogens (tertiary/aromatic N) is 2. The Bertz CT molecular complexity index is 480. The third-order valence-corrected chi connectivity index (χ3v) is 2.02. The molecule has 2 heterocycles. The van der Waals surface area contributed by atoms with E-state index < -0.39 is 0 Å². The van der Waals surface area contributed by atoms with Crippen molar-refractivity contribution in [1.82, 2.24) is 9.78 Å². The molecule has 15 heavy (non-hydrogen) atoms. The summed E-state index contributed by atoms with van der Waals surface area (Å²) in [7, 11) is 1.73. The summed E-state index contributed by atoms with van der Waals surface area (Å²) in [5.74, 6) is 0.567. The molecule has 0 radical (unpaired) electrons. The van der Waals surface area contributed by atoms with Crippen LogP contribution in [0, 0.1) is 0 Å². The van der Waals surface area contributed by atoms with Gasteiger partial charge in [0.2, 0.25) is 5.78 Å². The largest absolute Gasteiger partial charge is 0.465 e. The van der Waals surface area contributed by atoms with E-state index in [1.54, 1.807) is 43.8 Å². The van der Waals surface area contributed by atoms with Crippen LogP contribution in [0.1, 0.15) is 16.2 Å². The maximum absolute atomic E-state index is 11.6. The van der Waals surface area contributed by atoms with E-state index in [1.165, 1.54) is 10.8 Å². The standard InChI is InChI=1S/C11H10N2O2/c1-13-10(6-7-12-13)11(14)5-4-9-3-2-8-15-9/h2-8H,1H3/b5-4-. The van der Waals surface area contributed by atoms with Gasteiger partial charge in [-0.25, -0.2) is 0 Å². The lowest BCUT2D eigenvalue weighted by atomic mass is 10.2. The van der Waals surface area contributed by atoms with Crippen molar-refractivity contribution in [2.24, 2.45) is 7.05 Å². The molecule has 0 saturated carbocycles. The third-order valence-electron chi connectivity index (χ3n) is 2.02. The number of rotatable bonds is 3. The number of aromatic nitrogens is 2. The Kier molecular flexibility index (Phi) is 2.49. The SMILES string of the molecule is Cn1nccc1C(=O)/C=C\c1ccco1. The van der Waals surface area contributed by atoms with Gasteiger partial charge in [-0.3, -0.25) is 9.48 Å². The smallest absolute Gasteiger partial charge is 0.203 e. The molecule has 0 saturated heterocycles. The van der Waals surface area contributed by atoms with Crippen LogP contribution in [0.4, 0.5) is 0 Å². The molecule has 2 aromatic heterocycles. The molecule has 0 fully saturated rings. The van der Waals surface area contributed by atoms with Crippen LogP contribution >= 0.6 is 0 Å². The lowest BCUT2D eigenvalue weighted by Gasteiger charge is -1.94. The summed E-state index contributed by atoms with van der Waals surface area (Å²) in [6, 6.07) is 5.23. The second kappa shape index (κ2) is 3.96. The van der Waals surface area contributed by atoms with Crippen molar-refractivity contribution in [3.8, 4) is 0 Å². The zero-order valence-corrected chi connectivity index (χ0v) is 8.25. The molecule has 0 aromatic carbocycles. The molecule has 0 bridgehead atoms. The Labute approximate surface area is 86.8 Å². The number of carbonyl (C=O) groups excluding carboxylic acids is 1. The normalized spacial score (nSPS) is 11.0. The van der Waals surface area contributed by atoms with Gasteiger partial charge in [0.1, 0.15) is 11.5 Å². The van der Waals surface area contributed by atoms with E-state index in [1.807, 2.05) is 0 Å². The van der Waals surface area contributed by atoms with Gasteiger partial charge in [0.15, 0.2) is 0 Å². The summed E-state index contributed by atoms with van der Waals surface area (Å²) in [5.41, 5.74) is 0.554. The molecule has 0 atom stereocenters. The second-order valence-electron chi connectivity index (χ2n) is 3.05. The number of ketones is 1. The van der Waals surface area contributed by atoms with Gasteiger partial charge in [0.05, 0.1) is 6.26 Å². The van der Waals surface area contributed by atoms with Crippen molar-refractivity contribution >= 4 is 11.9 Å². The average molecular weight is 202 g/mol. The number of furan rings is 1. The highest BCUT2D eigenvalue weighted by atomic mass is 16.3. The molecule has 4 heteroatoms. The van der Waals surface area contributed by atoms with Crippen LogP contribution in [0.5, 0.6) is 0 Å². The Morgan fingerprint density at radius 3 is 3.00 bits per heavy atom. The average Bonchev–Trinajstić information content (AvgIpc) is 2.84. The van der Waals surface area contributed by atoms with E-state index in [9.17, 15) is 4.79 Å². The lowest BCUT2D eigenvalue weighted by molar-refractivity contribution is 0.103. The van der Waals surface area contributed by atoms with E-state index in [-0.39, 0.29) is 5.78 Å². The molecule has 0 unspecified atom stereocenters. The molecule has 0 spiro atoms. The molecule has 0 amide bonds. The molecule has 76 valence electrons. The second-order valence-corrected chi connectivity index (χ2v) is 3.05. The van der Waals surface area contributed by atoms with Gasteiger partial charge in [0, 0.05) is 13.2 Å². The van der Waals surface area contributed by atoms with Crippen molar-refractivity contribution in [2.75, 3.05) is 0 Å². The Morgan fingerprint density at radius 1 is 1.53 bits per heavy atom. The van der Waals surface area contributed by atoms with Crippen LogP contribution < -0.4 is 0 Å². The molecular formula is C11H10N2O2. The number of allylic oxidation sites excluding steroid dienone is 1. The van der Waals surface area contributed by atoms with Gasteiger partial charge >= 0.3 is 0 Å². The predicted molar refractivity (Wildman–Crippen MR) is 55.3 cm³/mol. The fourth-order valence-electron chi connectivity index (χ4n) is 1.24. The van der Waals surface area contributed by atoms with E-state index in [0.717, 1.165) is 0 Å². The van der Waals surface area contributed by atoms with Crippen molar-refractivity contribution in [3.05, 3.63) is 48.2 Å². The zero-order chi connectivity index (χ0) is 10.7. The summed E-state index contributed by atoms with van der Waals surface area (Å²) in [6.07, 6.45) is 6.26. The van der Waals surface area contributed by atoms with E-state index in [2.05, 4.69) is 5.10 Å². The first-order chi connectivity index (χ1) is 7.27. The monoisotopic (exact) mass is 202 g/mol. The van der Waals surface area contributed by atoms with Crippen LogP contribution in [0.2, 0.25) is 0 Å². The number of hydrogen-bond donors (Lipinski definition) is 0.